The first-order chi connectivity index (χ1) is 7.63. The molecule has 0 bridgehead atoms. The zero-order valence-corrected chi connectivity index (χ0v) is 8.27. The van der Waals surface area contributed by atoms with Crippen molar-refractivity contribution in [2.24, 2.45) is 0 Å². The molecule has 0 fully saturated rings. The molecule has 0 saturated heterocycles. The SMILES string of the molecule is Nc1ccc(Nc2nc(O)cc(=O)[nH]2)cc1. The number of aromatic hydroxyl groups is 1. The number of nitrogens with one attached hydrogen (secondary N) is 2. The van der Waals surface area contributed by atoms with E-state index in [0.29, 0.717) is 11.4 Å². The third-order valence-corrected chi connectivity index (χ3v) is 1.90. The Bertz CT molecular complexity index is 547. The van der Waals surface area contributed by atoms with E-state index in [1.807, 2.05) is 0 Å². The zero-order valence-electron chi connectivity index (χ0n) is 8.27. The van der Waals surface area contributed by atoms with Crippen LogP contribution in [0.5, 0.6) is 5.88 Å². The Morgan fingerprint density at radius 3 is 2.62 bits per heavy atom. The molecule has 0 aliphatic heterocycles. The lowest BCUT2D eigenvalue weighted by Gasteiger charge is -2.05. The largest absolute Gasteiger partial charge is 0.493 e. The molecule has 1 aromatic carbocycles. The molecular weight excluding hydrogens is 208 g/mol. The number of hydrogen-bond acceptors (Lipinski definition) is 5. The van der Waals surface area contributed by atoms with Gasteiger partial charge < -0.3 is 16.2 Å². The summed E-state index contributed by atoms with van der Waals surface area (Å²) in [6, 6.07) is 7.89. The van der Waals surface area contributed by atoms with Crippen molar-refractivity contribution in [2.45, 2.75) is 0 Å². The molecule has 0 aliphatic rings. The van der Waals surface area contributed by atoms with Crippen LogP contribution in [0.3, 0.4) is 0 Å². The number of aromatic amines is 1. The fourth-order valence-electron chi connectivity index (χ4n) is 1.21. The Morgan fingerprint density at radius 1 is 1.31 bits per heavy atom. The second-order valence-corrected chi connectivity index (χ2v) is 3.20. The molecule has 6 nitrogen and oxygen atoms in total. The summed E-state index contributed by atoms with van der Waals surface area (Å²) in [5.41, 5.74) is 6.45. The van der Waals surface area contributed by atoms with E-state index in [1.54, 1.807) is 24.3 Å². The topological polar surface area (TPSA) is 104 Å². The minimum absolute atomic E-state index is 0.176. The Hall–Kier alpha value is -2.50. The summed E-state index contributed by atoms with van der Waals surface area (Å²) in [6.45, 7) is 0. The first-order valence-electron chi connectivity index (χ1n) is 4.56. The molecule has 1 aromatic heterocycles. The van der Waals surface area contributed by atoms with E-state index >= 15 is 0 Å². The molecule has 0 saturated carbocycles. The lowest BCUT2D eigenvalue weighted by atomic mass is 10.3. The van der Waals surface area contributed by atoms with Gasteiger partial charge in [0.15, 0.2) is 0 Å². The molecule has 0 aliphatic carbocycles. The van der Waals surface area contributed by atoms with Crippen molar-refractivity contribution in [3.05, 3.63) is 40.7 Å². The fraction of sp³-hybridized carbons (Fsp3) is 0. The van der Waals surface area contributed by atoms with Crippen LogP contribution in [0.25, 0.3) is 0 Å². The third-order valence-electron chi connectivity index (χ3n) is 1.90. The first-order valence-corrected chi connectivity index (χ1v) is 4.56. The molecular formula is C10H10N4O2. The highest BCUT2D eigenvalue weighted by Gasteiger charge is 1.99. The summed E-state index contributed by atoms with van der Waals surface area (Å²) in [5.74, 6) is -0.156. The predicted molar refractivity (Wildman–Crippen MR) is 60.7 cm³/mol. The molecule has 2 aromatic rings. The smallest absolute Gasteiger partial charge is 0.256 e. The second-order valence-electron chi connectivity index (χ2n) is 3.20. The molecule has 0 spiro atoms. The highest BCUT2D eigenvalue weighted by atomic mass is 16.3. The molecule has 6 heteroatoms. The summed E-state index contributed by atoms with van der Waals surface area (Å²) >= 11 is 0. The van der Waals surface area contributed by atoms with Gasteiger partial charge in [-0.15, -0.1) is 0 Å². The van der Waals surface area contributed by atoms with Crippen LogP contribution < -0.4 is 16.6 Å². The van der Waals surface area contributed by atoms with E-state index in [0.717, 1.165) is 6.07 Å². The minimum atomic E-state index is -0.426. The summed E-state index contributed by atoms with van der Waals surface area (Å²) in [4.78, 5) is 17.2. The maximum atomic E-state index is 11.0. The van der Waals surface area contributed by atoms with E-state index in [4.69, 9.17) is 10.8 Å². The molecule has 2 rings (SSSR count). The molecule has 82 valence electrons. The quantitative estimate of drug-likeness (QED) is 0.558. The van der Waals surface area contributed by atoms with Gasteiger partial charge in [-0.05, 0) is 24.3 Å². The first kappa shape index (κ1) is 10.0. The number of rotatable bonds is 2. The van der Waals surface area contributed by atoms with Crippen LogP contribution in [-0.4, -0.2) is 15.1 Å². The summed E-state index contributed by atoms with van der Waals surface area (Å²) < 4.78 is 0. The van der Waals surface area contributed by atoms with Crippen LogP contribution in [0.2, 0.25) is 0 Å². The van der Waals surface area contributed by atoms with Gasteiger partial charge in [0.05, 0.1) is 6.07 Å². The average molecular weight is 218 g/mol. The maximum Gasteiger partial charge on any atom is 0.256 e. The van der Waals surface area contributed by atoms with Gasteiger partial charge in [-0.25, -0.2) is 0 Å². The van der Waals surface area contributed by atoms with Gasteiger partial charge in [-0.1, -0.05) is 0 Å². The van der Waals surface area contributed by atoms with Crippen molar-refractivity contribution in [2.75, 3.05) is 11.1 Å². The number of hydrogen-bond donors (Lipinski definition) is 4. The van der Waals surface area contributed by atoms with Gasteiger partial charge in [0.25, 0.3) is 5.56 Å². The van der Waals surface area contributed by atoms with Crippen LogP contribution in [0.1, 0.15) is 0 Å². The Labute approximate surface area is 90.8 Å². The van der Waals surface area contributed by atoms with Crippen molar-refractivity contribution < 1.29 is 5.11 Å². The number of anilines is 3. The Balaban J connectivity index is 2.26. The van der Waals surface area contributed by atoms with Crippen LogP contribution in [-0.2, 0) is 0 Å². The summed E-state index contributed by atoms with van der Waals surface area (Å²) in [5, 5.41) is 12.0. The predicted octanol–water partition coefficient (Wildman–Crippen LogP) is 0.801. The number of aromatic nitrogens is 2. The van der Waals surface area contributed by atoms with E-state index in [-0.39, 0.29) is 11.8 Å². The molecule has 5 N–H and O–H groups in total. The summed E-state index contributed by atoms with van der Waals surface area (Å²) in [7, 11) is 0. The molecule has 16 heavy (non-hydrogen) atoms. The minimum Gasteiger partial charge on any atom is -0.493 e. The monoisotopic (exact) mass is 218 g/mol. The number of nitrogens with two attached hydrogens (primary N) is 1. The molecule has 0 amide bonds. The van der Waals surface area contributed by atoms with Gasteiger partial charge in [0.1, 0.15) is 0 Å². The fourth-order valence-corrected chi connectivity index (χ4v) is 1.21. The number of H-pyrrole nitrogens is 1. The number of benzene rings is 1. The molecule has 1 heterocycles. The summed E-state index contributed by atoms with van der Waals surface area (Å²) in [6.07, 6.45) is 0. The average Bonchev–Trinajstić information content (AvgIpc) is 2.20. The van der Waals surface area contributed by atoms with Gasteiger partial charge >= 0.3 is 0 Å². The lowest BCUT2D eigenvalue weighted by Crippen LogP contribution is -2.08. The van der Waals surface area contributed by atoms with Gasteiger partial charge in [0, 0.05) is 11.4 Å². The number of nitrogen functional groups attached to an aromatic ring is 1. The molecule has 0 unspecified atom stereocenters. The Morgan fingerprint density at radius 2 is 2.00 bits per heavy atom. The van der Waals surface area contributed by atoms with E-state index in [1.165, 1.54) is 0 Å². The second kappa shape index (κ2) is 3.93. The highest BCUT2D eigenvalue weighted by Crippen LogP contribution is 2.14. The van der Waals surface area contributed by atoms with Crippen LogP contribution in [0, 0.1) is 0 Å². The van der Waals surface area contributed by atoms with Gasteiger partial charge in [-0.3, -0.25) is 9.78 Å². The van der Waals surface area contributed by atoms with Crippen molar-refractivity contribution in [1.29, 1.82) is 0 Å². The van der Waals surface area contributed by atoms with Crippen LogP contribution in [0.4, 0.5) is 17.3 Å². The van der Waals surface area contributed by atoms with Crippen molar-refractivity contribution in [1.82, 2.24) is 9.97 Å². The molecule has 0 atom stereocenters. The van der Waals surface area contributed by atoms with E-state index in [2.05, 4.69) is 15.3 Å². The zero-order chi connectivity index (χ0) is 11.5. The lowest BCUT2D eigenvalue weighted by molar-refractivity contribution is 0.452. The van der Waals surface area contributed by atoms with Crippen molar-refractivity contribution in [3.8, 4) is 5.88 Å². The maximum absolute atomic E-state index is 11.0. The highest BCUT2D eigenvalue weighted by molar-refractivity contribution is 5.57. The molecule has 0 radical (unpaired) electrons. The standard InChI is InChI=1S/C10H10N4O2/c11-6-1-3-7(4-2-6)12-10-13-8(15)5-9(16)14-10/h1-5H,11H2,(H3,12,13,14,15,16). The third kappa shape index (κ3) is 2.30. The van der Waals surface area contributed by atoms with Crippen LogP contribution in [0.15, 0.2) is 35.1 Å². The van der Waals surface area contributed by atoms with Gasteiger partial charge in [0.2, 0.25) is 11.8 Å². The van der Waals surface area contributed by atoms with Crippen molar-refractivity contribution >= 4 is 17.3 Å². The van der Waals surface area contributed by atoms with Gasteiger partial charge in [-0.2, -0.15) is 4.98 Å². The Kier molecular flexibility index (Phi) is 2.47. The van der Waals surface area contributed by atoms with Crippen molar-refractivity contribution in [3.63, 3.8) is 0 Å². The van der Waals surface area contributed by atoms with Crippen LogP contribution >= 0.6 is 0 Å². The number of nitrogens with zero attached hydrogens (tertiary/aromatic N) is 1. The normalized spacial score (nSPS) is 10.0. The van der Waals surface area contributed by atoms with E-state index < -0.39 is 5.56 Å². The van der Waals surface area contributed by atoms with E-state index in [9.17, 15) is 4.79 Å².